The van der Waals surface area contributed by atoms with Crippen molar-refractivity contribution in [2.45, 2.75) is 56.8 Å². The molecule has 0 aromatic heterocycles. The van der Waals surface area contributed by atoms with E-state index in [1.807, 2.05) is 17.8 Å². The third-order valence-electron chi connectivity index (χ3n) is 2.89. The fourth-order valence-electron chi connectivity index (χ4n) is 2.18. The molecule has 0 unspecified atom stereocenters. The van der Waals surface area contributed by atoms with E-state index in [9.17, 15) is 0 Å². The van der Waals surface area contributed by atoms with Gasteiger partial charge in [0.2, 0.25) is 0 Å². The molecule has 0 N–H and O–H groups in total. The maximum atomic E-state index is 6.34. The van der Waals surface area contributed by atoms with Crippen LogP contribution in [0.1, 0.15) is 41.5 Å². The highest BCUT2D eigenvalue weighted by Crippen LogP contribution is 2.44. The zero-order chi connectivity index (χ0) is 16.4. The van der Waals surface area contributed by atoms with E-state index in [-0.39, 0.29) is 10.3 Å². The van der Waals surface area contributed by atoms with Crippen LogP contribution in [0.25, 0.3) is 11.1 Å². The van der Waals surface area contributed by atoms with Crippen LogP contribution in [0, 0.1) is 0 Å². The van der Waals surface area contributed by atoms with Crippen LogP contribution in [0.3, 0.4) is 0 Å². The van der Waals surface area contributed by atoms with Gasteiger partial charge >= 0.3 is 0 Å². The summed E-state index contributed by atoms with van der Waals surface area (Å²) in [6, 6.07) is 16.9. The minimum absolute atomic E-state index is 0.144. The van der Waals surface area contributed by atoms with Crippen molar-refractivity contribution in [1.82, 2.24) is 0 Å². The molecule has 0 saturated heterocycles. The molecular weight excluding hydrogens is 288 g/mol. The summed E-state index contributed by atoms with van der Waals surface area (Å²) in [5, 5.41) is 0. The second kappa shape index (κ2) is 6.37. The highest BCUT2D eigenvalue weighted by molar-refractivity contribution is 8.00. The van der Waals surface area contributed by atoms with Gasteiger partial charge in [-0.25, -0.2) is 0 Å². The van der Waals surface area contributed by atoms with E-state index in [1.54, 1.807) is 0 Å². The molecule has 0 heterocycles. The van der Waals surface area contributed by atoms with Crippen molar-refractivity contribution in [2.24, 2.45) is 0 Å². The summed E-state index contributed by atoms with van der Waals surface area (Å²) in [4.78, 5) is 1.20. The Labute approximate surface area is 139 Å². The lowest BCUT2D eigenvalue weighted by atomic mass is 10.0. The van der Waals surface area contributed by atoms with Crippen LogP contribution in [0.4, 0.5) is 0 Å². The third kappa shape index (κ3) is 4.81. The van der Waals surface area contributed by atoms with Gasteiger partial charge in [0.05, 0.1) is 4.90 Å². The van der Waals surface area contributed by atoms with Gasteiger partial charge in [0.25, 0.3) is 0 Å². The molecule has 2 aromatic carbocycles. The number of rotatable bonds is 3. The van der Waals surface area contributed by atoms with E-state index in [4.69, 9.17) is 4.74 Å². The molecule has 0 aliphatic carbocycles. The fourth-order valence-corrected chi connectivity index (χ4v) is 3.23. The predicted octanol–water partition coefficient (Wildman–Crippen LogP) is 6.42. The highest BCUT2D eigenvalue weighted by atomic mass is 32.2. The Morgan fingerprint density at radius 2 is 1.41 bits per heavy atom. The SMILES string of the molecule is CC(C)(C)Oc1c(SC(C)(C)C)cccc1-c1ccccc1. The summed E-state index contributed by atoms with van der Waals surface area (Å²) in [6.07, 6.45) is 0. The zero-order valence-corrected chi connectivity index (χ0v) is 15.3. The van der Waals surface area contributed by atoms with E-state index in [1.165, 1.54) is 10.5 Å². The Morgan fingerprint density at radius 3 is 1.95 bits per heavy atom. The number of thioether (sulfide) groups is 1. The molecular formula is C20H26OS. The van der Waals surface area contributed by atoms with Crippen molar-refractivity contribution < 1.29 is 4.74 Å². The second-order valence-electron chi connectivity index (χ2n) is 7.43. The predicted molar refractivity (Wildman–Crippen MR) is 97.9 cm³/mol. The van der Waals surface area contributed by atoms with Crippen molar-refractivity contribution >= 4 is 11.8 Å². The molecule has 0 bridgehead atoms. The third-order valence-corrected chi connectivity index (χ3v) is 4.04. The average molecular weight is 314 g/mol. The molecule has 2 heteroatoms. The number of ether oxygens (including phenoxy) is 1. The minimum atomic E-state index is -0.224. The molecule has 0 aliphatic heterocycles. The van der Waals surface area contributed by atoms with Crippen LogP contribution < -0.4 is 4.74 Å². The molecule has 0 aliphatic rings. The van der Waals surface area contributed by atoms with E-state index < -0.39 is 0 Å². The van der Waals surface area contributed by atoms with E-state index in [0.29, 0.717) is 0 Å². The van der Waals surface area contributed by atoms with Gasteiger partial charge in [0, 0.05) is 10.3 Å². The van der Waals surface area contributed by atoms with Crippen molar-refractivity contribution in [3.63, 3.8) is 0 Å². The molecule has 0 amide bonds. The largest absolute Gasteiger partial charge is 0.486 e. The summed E-state index contributed by atoms with van der Waals surface area (Å²) in [7, 11) is 0. The van der Waals surface area contributed by atoms with Crippen LogP contribution in [0.15, 0.2) is 53.4 Å². The maximum absolute atomic E-state index is 6.34. The van der Waals surface area contributed by atoms with Crippen molar-refractivity contribution in [1.29, 1.82) is 0 Å². The molecule has 0 saturated carbocycles. The van der Waals surface area contributed by atoms with Gasteiger partial charge in [-0.2, -0.15) is 0 Å². The molecule has 2 rings (SSSR count). The summed E-state index contributed by atoms with van der Waals surface area (Å²) < 4.78 is 6.49. The molecule has 0 spiro atoms. The monoisotopic (exact) mass is 314 g/mol. The Hall–Kier alpha value is -1.41. The van der Waals surface area contributed by atoms with Crippen molar-refractivity contribution in [3.05, 3.63) is 48.5 Å². The normalized spacial score (nSPS) is 12.3. The number of benzene rings is 2. The summed E-state index contributed by atoms with van der Waals surface area (Å²) >= 11 is 1.85. The van der Waals surface area contributed by atoms with Gasteiger partial charge < -0.3 is 4.74 Å². The maximum Gasteiger partial charge on any atom is 0.141 e. The average Bonchev–Trinajstić information content (AvgIpc) is 2.38. The van der Waals surface area contributed by atoms with Gasteiger partial charge in [-0.15, -0.1) is 11.8 Å². The van der Waals surface area contributed by atoms with Crippen LogP contribution in [0.2, 0.25) is 0 Å². The molecule has 118 valence electrons. The Bertz CT molecular complexity index is 618. The van der Waals surface area contributed by atoms with Gasteiger partial charge in [0.15, 0.2) is 0 Å². The quantitative estimate of drug-likeness (QED) is 0.604. The van der Waals surface area contributed by atoms with Gasteiger partial charge in [-0.3, -0.25) is 0 Å². The Morgan fingerprint density at radius 1 is 0.773 bits per heavy atom. The van der Waals surface area contributed by atoms with Crippen molar-refractivity contribution in [2.75, 3.05) is 0 Å². The topological polar surface area (TPSA) is 9.23 Å². The van der Waals surface area contributed by atoms with E-state index in [2.05, 4.69) is 84.0 Å². The first-order valence-corrected chi connectivity index (χ1v) is 8.54. The molecule has 1 nitrogen and oxygen atoms in total. The lowest BCUT2D eigenvalue weighted by molar-refractivity contribution is 0.127. The number of para-hydroxylation sites is 1. The number of hydrogen-bond acceptors (Lipinski definition) is 2. The smallest absolute Gasteiger partial charge is 0.141 e. The first kappa shape index (κ1) is 17.0. The first-order valence-electron chi connectivity index (χ1n) is 7.72. The van der Waals surface area contributed by atoms with E-state index >= 15 is 0 Å². The second-order valence-corrected chi connectivity index (χ2v) is 9.30. The van der Waals surface area contributed by atoms with E-state index in [0.717, 1.165) is 11.3 Å². The Balaban J connectivity index is 2.56. The molecule has 2 aromatic rings. The minimum Gasteiger partial charge on any atom is -0.486 e. The fraction of sp³-hybridized carbons (Fsp3) is 0.400. The van der Waals surface area contributed by atoms with Gasteiger partial charge in [-0.05, 0) is 32.4 Å². The highest BCUT2D eigenvalue weighted by Gasteiger charge is 2.22. The summed E-state index contributed by atoms with van der Waals surface area (Å²) in [5.74, 6) is 0.987. The standard InChI is InChI=1S/C20H26OS/c1-19(2,3)21-18-16(15-11-8-7-9-12-15)13-10-14-17(18)22-20(4,5)6/h7-14H,1-6H3. The van der Waals surface area contributed by atoms with Gasteiger partial charge in [-0.1, -0.05) is 63.2 Å². The van der Waals surface area contributed by atoms with Gasteiger partial charge in [0.1, 0.15) is 11.4 Å². The lowest BCUT2D eigenvalue weighted by Gasteiger charge is -2.27. The summed E-state index contributed by atoms with van der Waals surface area (Å²) in [6.45, 7) is 13.0. The zero-order valence-electron chi connectivity index (χ0n) is 14.4. The molecule has 0 radical (unpaired) electrons. The van der Waals surface area contributed by atoms with Crippen LogP contribution in [-0.4, -0.2) is 10.3 Å². The molecule has 0 fully saturated rings. The van der Waals surface area contributed by atoms with Crippen LogP contribution >= 0.6 is 11.8 Å². The summed E-state index contributed by atoms with van der Waals surface area (Å²) in [5.41, 5.74) is 2.13. The first-order chi connectivity index (χ1) is 10.2. The lowest BCUT2D eigenvalue weighted by Crippen LogP contribution is -2.24. The molecule has 0 atom stereocenters. The number of hydrogen-bond donors (Lipinski definition) is 0. The van der Waals surface area contributed by atoms with Crippen LogP contribution in [0.5, 0.6) is 5.75 Å². The Kier molecular flexibility index (Phi) is 4.91. The van der Waals surface area contributed by atoms with Crippen LogP contribution in [-0.2, 0) is 0 Å². The van der Waals surface area contributed by atoms with Crippen molar-refractivity contribution in [3.8, 4) is 16.9 Å². The molecule has 22 heavy (non-hydrogen) atoms.